The lowest BCUT2D eigenvalue weighted by Gasteiger charge is -2.44. The van der Waals surface area contributed by atoms with Crippen LogP contribution in [0, 0.1) is 13.8 Å². The Balaban J connectivity index is 1.59. The number of aromatic nitrogens is 2. The fourth-order valence-corrected chi connectivity index (χ4v) is 4.10. The number of rotatable bonds is 3. The third-order valence-corrected chi connectivity index (χ3v) is 5.53. The van der Waals surface area contributed by atoms with E-state index in [9.17, 15) is 4.79 Å². The molecule has 0 unspecified atom stereocenters. The molecule has 1 fully saturated rings. The zero-order valence-electron chi connectivity index (χ0n) is 16.7. The first-order valence-corrected chi connectivity index (χ1v) is 9.49. The van der Waals surface area contributed by atoms with Crippen LogP contribution in [0.3, 0.4) is 0 Å². The number of methoxy groups -OCH3 is 2. The quantitative estimate of drug-likeness (QED) is 0.806. The zero-order valence-corrected chi connectivity index (χ0v) is 16.7. The van der Waals surface area contributed by atoms with Crippen LogP contribution in [-0.2, 0) is 0 Å². The fraction of sp³-hybridized carbons (Fsp3) is 0.476. The van der Waals surface area contributed by atoms with Crippen LogP contribution >= 0.6 is 0 Å². The molecule has 1 spiro atoms. The summed E-state index contributed by atoms with van der Waals surface area (Å²) in [5, 5.41) is 0. The Morgan fingerprint density at radius 3 is 2.36 bits per heavy atom. The van der Waals surface area contributed by atoms with Gasteiger partial charge >= 0.3 is 0 Å². The Morgan fingerprint density at radius 1 is 1.07 bits per heavy atom. The maximum absolute atomic E-state index is 12.9. The number of ether oxygens (including phenoxy) is 3. The Bertz CT molecular complexity index is 900. The van der Waals surface area contributed by atoms with Crippen LogP contribution in [0.4, 0.5) is 5.95 Å². The topological polar surface area (TPSA) is 73.8 Å². The third-order valence-electron chi connectivity index (χ3n) is 5.53. The van der Waals surface area contributed by atoms with Gasteiger partial charge in [-0.05, 0) is 32.0 Å². The van der Waals surface area contributed by atoms with Crippen molar-refractivity contribution < 1.29 is 19.0 Å². The van der Waals surface area contributed by atoms with Crippen molar-refractivity contribution in [2.75, 3.05) is 32.2 Å². The van der Waals surface area contributed by atoms with Gasteiger partial charge in [-0.15, -0.1) is 0 Å². The first kappa shape index (κ1) is 18.5. The van der Waals surface area contributed by atoms with E-state index in [4.69, 9.17) is 14.2 Å². The highest BCUT2D eigenvalue weighted by Gasteiger charge is 2.44. The number of carbonyl (C=O) groups excluding carboxylic acids is 1. The lowest BCUT2D eigenvalue weighted by molar-refractivity contribution is 0.0206. The van der Waals surface area contributed by atoms with Gasteiger partial charge in [-0.1, -0.05) is 0 Å². The number of benzene rings is 1. The van der Waals surface area contributed by atoms with Crippen LogP contribution in [0.15, 0.2) is 18.2 Å². The molecule has 0 bridgehead atoms. The number of carbonyl (C=O) groups is 1. The molecule has 28 heavy (non-hydrogen) atoms. The Hall–Kier alpha value is -2.83. The monoisotopic (exact) mass is 383 g/mol. The molecule has 0 amide bonds. The number of Topliss-reactive ketones (excluding diaryl/α,β-unsaturated/α-hetero) is 1. The smallest absolute Gasteiger partial charge is 0.225 e. The molecule has 4 rings (SSSR count). The molecular weight excluding hydrogens is 358 g/mol. The minimum atomic E-state index is -0.529. The Morgan fingerprint density at radius 2 is 1.75 bits per heavy atom. The molecule has 1 aromatic heterocycles. The van der Waals surface area contributed by atoms with E-state index in [1.165, 1.54) is 0 Å². The van der Waals surface area contributed by atoms with E-state index in [2.05, 4.69) is 14.9 Å². The average molecular weight is 383 g/mol. The first-order valence-electron chi connectivity index (χ1n) is 9.49. The molecule has 0 atom stereocenters. The standard InChI is InChI=1S/C21H25N3O4/c1-13-11-14(2)23-20(22-13)24-9-7-21(8-10-24)12-16(25)15-5-6-17(26-3)19(27-4)18(15)28-21/h5-6,11H,7-10,12H2,1-4H3. The summed E-state index contributed by atoms with van der Waals surface area (Å²) in [4.78, 5) is 24.1. The van der Waals surface area contributed by atoms with Gasteiger partial charge in [-0.25, -0.2) is 9.97 Å². The summed E-state index contributed by atoms with van der Waals surface area (Å²) in [5.41, 5.74) is 1.94. The summed E-state index contributed by atoms with van der Waals surface area (Å²) in [6, 6.07) is 5.47. The van der Waals surface area contributed by atoms with Gasteiger partial charge in [0.25, 0.3) is 0 Å². The number of nitrogens with zero attached hydrogens (tertiary/aromatic N) is 3. The summed E-state index contributed by atoms with van der Waals surface area (Å²) < 4.78 is 17.3. The first-order chi connectivity index (χ1) is 13.4. The third kappa shape index (κ3) is 3.15. The van der Waals surface area contributed by atoms with Gasteiger partial charge in [0.1, 0.15) is 5.60 Å². The molecular formula is C21H25N3O4. The maximum Gasteiger partial charge on any atom is 0.225 e. The number of piperidine rings is 1. The second-order valence-electron chi connectivity index (χ2n) is 7.50. The molecule has 0 radical (unpaired) electrons. The Kier molecular flexibility index (Phi) is 4.61. The lowest BCUT2D eigenvalue weighted by Crippen LogP contribution is -2.51. The molecule has 2 aliphatic rings. The van der Waals surface area contributed by atoms with E-state index in [-0.39, 0.29) is 5.78 Å². The SMILES string of the molecule is COc1ccc2c(c1OC)OC1(CCN(c3nc(C)cc(C)n3)CC1)CC2=O. The summed E-state index contributed by atoms with van der Waals surface area (Å²) in [7, 11) is 3.14. The highest BCUT2D eigenvalue weighted by Crippen LogP contribution is 2.47. The second kappa shape index (κ2) is 6.96. The predicted octanol–water partition coefficient (Wildman–Crippen LogP) is 3.12. The molecule has 0 N–H and O–H groups in total. The van der Waals surface area contributed by atoms with Crippen molar-refractivity contribution in [3.8, 4) is 17.2 Å². The van der Waals surface area contributed by atoms with Gasteiger partial charge in [-0.3, -0.25) is 4.79 Å². The zero-order chi connectivity index (χ0) is 19.9. The minimum absolute atomic E-state index is 0.0818. The van der Waals surface area contributed by atoms with Gasteiger partial charge in [0.05, 0.1) is 26.2 Å². The van der Waals surface area contributed by atoms with Crippen LogP contribution < -0.4 is 19.1 Å². The van der Waals surface area contributed by atoms with Gasteiger partial charge in [0.2, 0.25) is 11.7 Å². The highest BCUT2D eigenvalue weighted by molar-refractivity contribution is 6.01. The van der Waals surface area contributed by atoms with Crippen molar-refractivity contribution in [3.05, 3.63) is 35.2 Å². The highest BCUT2D eigenvalue weighted by atomic mass is 16.5. The summed E-state index contributed by atoms with van der Waals surface area (Å²) >= 11 is 0. The number of anilines is 1. The average Bonchev–Trinajstić information content (AvgIpc) is 2.66. The molecule has 2 aromatic rings. The molecule has 3 heterocycles. The van der Waals surface area contributed by atoms with E-state index in [0.717, 1.165) is 43.3 Å². The van der Waals surface area contributed by atoms with Crippen LogP contribution in [-0.4, -0.2) is 48.7 Å². The van der Waals surface area contributed by atoms with Gasteiger partial charge in [0, 0.05) is 37.3 Å². The largest absolute Gasteiger partial charge is 0.493 e. The van der Waals surface area contributed by atoms with Gasteiger partial charge in [-0.2, -0.15) is 0 Å². The number of fused-ring (bicyclic) bond motifs is 1. The van der Waals surface area contributed by atoms with E-state index in [1.807, 2.05) is 19.9 Å². The van der Waals surface area contributed by atoms with Crippen LogP contribution in [0.1, 0.15) is 41.0 Å². The summed E-state index contributed by atoms with van der Waals surface area (Å²) in [5.74, 6) is 2.36. The van der Waals surface area contributed by atoms with Gasteiger partial charge in [0.15, 0.2) is 17.3 Å². The number of hydrogen-bond acceptors (Lipinski definition) is 7. The van der Waals surface area contributed by atoms with E-state index in [1.54, 1.807) is 26.4 Å². The molecule has 0 aliphatic carbocycles. The van der Waals surface area contributed by atoms with Gasteiger partial charge < -0.3 is 19.1 Å². The van der Waals surface area contributed by atoms with Crippen molar-refractivity contribution in [2.24, 2.45) is 0 Å². The number of ketones is 1. The lowest BCUT2D eigenvalue weighted by atomic mass is 9.82. The molecule has 2 aliphatic heterocycles. The molecule has 1 saturated heterocycles. The normalized spacial score (nSPS) is 17.9. The molecule has 148 valence electrons. The summed E-state index contributed by atoms with van der Waals surface area (Å²) in [6.45, 7) is 5.42. The van der Waals surface area contributed by atoms with E-state index >= 15 is 0 Å². The van der Waals surface area contributed by atoms with Crippen molar-refractivity contribution in [2.45, 2.75) is 38.7 Å². The van der Waals surface area contributed by atoms with Crippen molar-refractivity contribution in [1.29, 1.82) is 0 Å². The molecule has 7 nitrogen and oxygen atoms in total. The Labute approximate surface area is 164 Å². The summed E-state index contributed by atoms with van der Waals surface area (Å²) in [6.07, 6.45) is 1.81. The van der Waals surface area contributed by atoms with Crippen molar-refractivity contribution in [1.82, 2.24) is 9.97 Å². The fourth-order valence-electron chi connectivity index (χ4n) is 4.10. The second-order valence-corrected chi connectivity index (χ2v) is 7.50. The maximum atomic E-state index is 12.9. The minimum Gasteiger partial charge on any atom is -0.493 e. The van der Waals surface area contributed by atoms with E-state index < -0.39 is 5.60 Å². The van der Waals surface area contributed by atoms with Crippen molar-refractivity contribution in [3.63, 3.8) is 0 Å². The van der Waals surface area contributed by atoms with E-state index in [0.29, 0.717) is 29.2 Å². The predicted molar refractivity (Wildman–Crippen MR) is 105 cm³/mol. The molecule has 7 heteroatoms. The molecule has 1 aromatic carbocycles. The number of hydrogen-bond donors (Lipinski definition) is 0. The number of aryl methyl sites for hydroxylation is 2. The van der Waals surface area contributed by atoms with Crippen molar-refractivity contribution >= 4 is 11.7 Å². The molecule has 0 saturated carbocycles. The van der Waals surface area contributed by atoms with Crippen LogP contribution in [0.2, 0.25) is 0 Å². The van der Waals surface area contributed by atoms with Crippen LogP contribution in [0.25, 0.3) is 0 Å². The van der Waals surface area contributed by atoms with Crippen LogP contribution in [0.5, 0.6) is 17.2 Å².